The normalized spacial score (nSPS) is 27.4. The fourth-order valence-electron chi connectivity index (χ4n) is 5.96. The van der Waals surface area contributed by atoms with Gasteiger partial charge in [-0.15, -0.1) is 0 Å². The van der Waals surface area contributed by atoms with E-state index in [-0.39, 0.29) is 9.52 Å². The van der Waals surface area contributed by atoms with Gasteiger partial charge in [-0.3, -0.25) is 0 Å². The van der Waals surface area contributed by atoms with E-state index in [1.165, 1.54) is 44.1 Å². The maximum Gasteiger partial charge on any atom is 0.0620 e. The van der Waals surface area contributed by atoms with E-state index in [4.69, 9.17) is 0 Å². The van der Waals surface area contributed by atoms with Crippen LogP contribution in [0.3, 0.4) is 0 Å². The minimum Gasteiger partial charge on any atom is -0.0839 e. The van der Waals surface area contributed by atoms with Gasteiger partial charge in [-0.2, -0.15) is 0 Å². The number of allylic oxidation sites excluding steroid dienone is 4. The number of rotatable bonds is 6. The summed E-state index contributed by atoms with van der Waals surface area (Å²) in [7, 11) is -0.353. The van der Waals surface area contributed by atoms with E-state index in [0.717, 1.165) is 11.8 Å². The van der Waals surface area contributed by atoms with Gasteiger partial charge in [0, 0.05) is 0 Å². The molecule has 0 saturated heterocycles. The van der Waals surface area contributed by atoms with Gasteiger partial charge in [0.25, 0.3) is 0 Å². The third-order valence-corrected chi connectivity index (χ3v) is 11.1. The monoisotopic (exact) mass is 380 g/mol. The van der Waals surface area contributed by atoms with Crippen LogP contribution in [0.1, 0.15) is 80.2 Å². The zero-order chi connectivity index (χ0) is 19.8. The lowest BCUT2D eigenvalue weighted by Gasteiger charge is -2.34. The number of benzene rings is 1. The Balaban J connectivity index is 1.97. The van der Waals surface area contributed by atoms with Gasteiger partial charge in [0.05, 0.1) is 9.52 Å². The smallest absolute Gasteiger partial charge is 0.0620 e. The maximum absolute atomic E-state index is 2.67. The quantitative estimate of drug-likeness (QED) is 0.401. The van der Waals surface area contributed by atoms with Crippen LogP contribution in [0.4, 0.5) is 0 Å². The number of hydrogen-bond acceptors (Lipinski definition) is 0. The lowest BCUT2D eigenvalue weighted by atomic mass is 9.85. The maximum atomic E-state index is 2.67. The molecule has 3 unspecified atom stereocenters. The van der Waals surface area contributed by atoms with Crippen LogP contribution < -0.4 is 5.19 Å². The predicted molar refractivity (Wildman–Crippen MR) is 124 cm³/mol. The minimum absolute atomic E-state index is 0.353. The second-order valence-corrected chi connectivity index (χ2v) is 12.4. The summed E-state index contributed by atoms with van der Waals surface area (Å²) < 4.78 is 0. The first-order valence-electron chi connectivity index (χ1n) is 11.2. The highest BCUT2D eigenvalue weighted by molar-refractivity contribution is 6.58. The molecular formula is C26H40Si. The molecule has 1 saturated carbocycles. The Hall–Kier alpha value is -1.08. The van der Waals surface area contributed by atoms with Crippen molar-refractivity contribution >= 4 is 14.7 Å². The average Bonchev–Trinajstić information content (AvgIpc) is 2.94. The summed E-state index contributed by atoms with van der Waals surface area (Å²) in [6.45, 7) is 16.8. The van der Waals surface area contributed by atoms with Crippen LogP contribution in [-0.4, -0.2) is 9.52 Å². The SMILES string of the molecule is CCCCCC1C2=CC=CCC2CC1(C)[SiH2]c1c(C)c(C)c(C)c(C)c1C. The molecule has 148 valence electrons. The summed E-state index contributed by atoms with van der Waals surface area (Å²) in [5.41, 5.74) is 9.63. The third kappa shape index (κ3) is 3.77. The Kier molecular flexibility index (Phi) is 6.20. The van der Waals surface area contributed by atoms with Crippen LogP contribution in [0.25, 0.3) is 0 Å². The van der Waals surface area contributed by atoms with Crippen LogP contribution in [0.15, 0.2) is 23.8 Å². The van der Waals surface area contributed by atoms with Crippen LogP contribution in [0.2, 0.25) is 5.04 Å². The van der Waals surface area contributed by atoms with Crippen molar-refractivity contribution in [3.63, 3.8) is 0 Å². The number of hydrogen-bond donors (Lipinski definition) is 0. The number of fused-ring (bicyclic) bond motifs is 1. The van der Waals surface area contributed by atoms with Gasteiger partial charge in [0.2, 0.25) is 0 Å². The first-order chi connectivity index (χ1) is 12.8. The third-order valence-electron chi connectivity index (χ3n) is 8.11. The lowest BCUT2D eigenvalue weighted by Crippen LogP contribution is -2.35. The molecule has 27 heavy (non-hydrogen) atoms. The Morgan fingerprint density at radius 1 is 0.963 bits per heavy atom. The highest BCUT2D eigenvalue weighted by Crippen LogP contribution is 2.58. The van der Waals surface area contributed by atoms with Crippen LogP contribution in [-0.2, 0) is 0 Å². The van der Waals surface area contributed by atoms with Gasteiger partial charge < -0.3 is 0 Å². The second kappa shape index (κ2) is 8.11. The van der Waals surface area contributed by atoms with E-state index in [2.05, 4.69) is 66.7 Å². The standard InChI is InChI=1S/C26H40Si/c1-8-9-10-15-24-23-14-12-11-13-22(23)16-26(24,7)27-25-20(5)18(3)17(2)19(4)21(25)6/h11-12,14,22,24H,8-10,13,15-16,27H2,1-7H3. The van der Waals surface area contributed by atoms with Crippen molar-refractivity contribution in [1.29, 1.82) is 0 Å². The molecule has 0 radical (unpaired) electrons. The van der Waals surface area contributed by atoms with Crippen LogP contribution in [0, 0.1) is 46.5 Å². The molecule has 1 fully saturated rings. The molecule has 3 atom stereocenters. The van der Waals surface area contributed by atoms with E-state index in [1.54, 1.807) is 33.0 Å². The highest BCUT2D eigenvalue weighted by atomic mass is 28.2. The molecule has 0 aromatic heterocycles. The summed E-state index contributed by atoms with van der Waals surface area (Å²) in [6, 6.07) is 0. The van der Waals surface area contributed by atoms with Crippen molar-refractivity contribution in [3.8, 4) is 0 Å². The fourth-order valence-corrected chi connectivity index (χ4v) is 9.01. The topological polar surface area (TPSA) is 0 Å². The molecule has 3 rings (SSSR count). The minimum atomic E-state index is -0.353. The van der Waals surface area contributed by atoms with Crippen molar-refractivity contribution < 1.29 is 0 Å². The molecular weight excluding hydrogens is 340 g/mol. The fraction of sp³-hybridized carbons (Fsp3) is 0.615. The molecule has 0 nitrogen and oxygen atoms in total. The molecule has 0 N–H and O–H groups in total. The molecule has 1 aromatic carbocycles. The van der Waals surface area contributed by atoms with Gasteiger partial charge in [0.15, 0.2) is 0 Å². The first kappa shape index (κ1) is 20.6. The van der Waals surface area contributed by atoms with Crippen LogP contribution >= 0.6 is 0 Å². The summed E-state index contributed by atoms with van der Waals surface area (Å²) in [4.78, 5) is 0. The molecule has 1 heteroatoms. The van der Waals surface area contributed by atoms with E-state index < -0.39 is 0 Å². The Bertz CT molecular complexity index is 738. The van der Waals surface area contributed by atoms with Gasteiger partial charge in [0.1, 0.15) is 0 Å². The van der Waals surface area contributed by atoms with Crippen molar-refractivity contribution in [2.24, 2.45) is 11.8 Å². The average molecular weight is 381 g/mol. The molecule has 0 amide bonds. The molecule has 0 spiro atoms. The van der Waals surface area contributed by atoms with E-state index in [9.17, 15) is 0 Å². The molecule has 0 bridgehead atoms. The van der Waals surface area contributed by atoms with Crippen molar-refractivity contribution in [2.45, 2.75) is 92.0 Å². The Morgan fingerprint density at radius 2 is 1.59 bits per heavy atom. The molecule has 0 aliphatic heterocycles. The van der Waals surface area contributed by atoms with Gasteiger partial charge >= 0.3 is 0 Å². The van der Waals surface area contributed by atoms with Gasteiger partial charge in [-0.05, 0) is 98.6 Å². The first-order valence-corrected chi connectivity index (χ1v) is 12.6. The van der Waals surface area contributed by atoms with E-state index in [0.29, 0.717) is 5.04 Å². The summed E-state index contributed by atoms with van der Waals surface area (Å²) >= 11 is 0. The summed E-state index contributed by atoms with van der Waals surface area (Å²) in [5, 5.41) is 2.32. The Morgan fingerprint density at radius 3 is 2.22 bits per heavy atom. The summed E-state index contributed by atoms with van der Waals surface area (Å²) in [5.74, 6) is 1.65. The van der Waals surface area contributed by atoms with Gasteiger partial charge in [-0.1, -0.05) is 62.1 Å². The van der Waals surface area contributed by atoms with Crippen molar-refractivity contribution in [3.05, 3.63) is 51.6 Å². The van der Waals surface area contributed by atoms with E-state index in [1.807, 2.05) is 0 Å². The van der Waals surface area contributed by atoms with Crippen LogP contribution in [0.5, 0.6) is 0 Å². The predicted octanol–water partition coefficient (Wildman–Crippen LogP) is 6.30. The second-order valence-electron chi connectivity index (χ2n) is 9.71. The largest absolute Gasteiger partial charge is 0.0839 e. The van der Waals surface area contributed by atoms with Crippen molar-refractivity contribution in [1.82, 2.24) is 0 Å². The Labute approximate surface area is 170 Å². The molecule has 2 aliphatic carbocycles. The highest BCUT2D eigenvalue weighted by Gasteiger charge is 2.47. The molecule has 0 heterocycles. The zero-order valence-corrected chi connectivity index (χ0v) is 20.3. The van der Waals surface area contributed by atoms with Gasteiger partial charge in [-0.25, -0.2) is 0 Å². The molecule has 1 aromatic rings. The lowest BCUT2D eigenvalue weighted by molar-refractivity contribution is 0.427. The van der Waals surface area contributed by atoms with E-state index >= 15 is 0 Å². The summed E-state index contributed by atoms with van der Waals surface area (Å²) in [6.07, 6.45) is 15.5. The number of unbranched alkanes of at least 4 members (excludes halogenated alkanes) is 2. The zero-order valence-electron chi connectivity index (χ0n) is 18.8. The molecule has 2 aliphatic rings. The van der Waals surface area contributed by atoms with Crippen molar-refractivity contribution in [2.75, 3.05) is 0 Å².